The number of ether oxygens (including phenoxy) is 3. The number of aromatic amines is 1. The predicted octanol–water partition coefficient (Wildman–Crippen LogP) is 2.77. The smallest absolute Gasteiger partial charge is 0.459 e. The number of rotatable bonds is 10. The lowest BCUT2D eigenvalue weighted by Gasteiger charge is -2.26. The van der Waals surface area contributed by atoms with Crippen LogP contribution in [0.15, 0.2) is 46.1 Å². The van der Waals surface area contributed by atoms with Gasteiger partial charge in [0.05, 0.1) is 6.61 Å². The number of esters is 1. The monoisotopic (exact) mass is 537 g/mol. The van der Waals surface area contributed by atoms with Gasteiger partial charge in [-0.1, -0.05) is 24.6 Å². The van der Waals surface area contributed by atoms with E-state index in [0.29, 0.717) is 5.56 Å². The Morgan fingerprint density at radius 2 is 1.95 bits per heavy atom. The van der Waals surface area contributed by atoms with E-state index in [4.69, 9.17) is 23.3 Å². The van der Waals surface area contributed by atoms with E-state index >= 15 is 0 Å². The molecule has 1 unspecified atom stereocenters. The van der Waals surface area contributed by atoms with Crippen LogP contribution in [0.5, 0.6) is 5.75 Å². The fourth-order valence-electron chi connectivity index (χ4n) is 4.08. The lowest BCUT2D eigenvalue weighted by molar-refractivity contribution is -0.152. The van der Waals surface area contributed by atoms with Crippen molar-refractivity contribution in [3.63, 3.8) is 0 Å². The van der Waals surface area contributed by atoms with Gasteiger partial charge >= 0.3 is 19.4 Å². The van der Waals surface area contributed by atoms with Crippen molar-refractivity contribution in [3.05, 3.63) is 62.9 Å². The summed E-state index contributed by atoms with van der Waals surface area (Å²) >= 11 is 0. The first-order valence-electron chi connectivity index (χ1n) is 12.3. The molecule has 0 spiro atoms. The Morgan fingerprint density at radius 1 is 1.22 bits per heavy atom. The van der Waals surface area contributed by atoms with E-state index in [1.807, 2.05) is 0 Å². The van der Waals surface area contributed by atoms with Gasteiger partial charge in [0.15, 0.2) is 12.5 Å². The maximum atomic E-state index is 13.7. The molecular formula is C24H32N3O9P. The molecule has 0 amide bonds. The molecule has 2 heterocycles. The third-order valence-electron chi connectivity index (χ3n) is 6.08. The molecule has 1 aliphatic heterocycles. The number of benzene rings is 1. The Labute approximate surface area is 213 Å². The fourth-order valence-corrected chi connectivity index (χ4v) is 5.56. The van der Waals surface area contributed by atoms with Gasteiger partial charge in [-0.05, 0) is 51.7 Å². The minimum atomic E-state index is -4.10. The van der Waals surface area contributed by atoms with Crippen molar-refractivity contribution in [2.75, 3.05) is 13.2 Å². The highest BCUT2D eigenvalue weighted by Gasteiger charge is 2.36. The van der Waals surface area contributed by atoms with Crippen LogP contribution in [0.2, 0.25) is 0 Å². The fraction of sp³-hybridized carbons (Fsp3) is 0.542. The van der Waals surface area contributed by atoms with Gasteiger partial charge in [-0.15, -0.1) is 0 Å². The van der Waals surface area contributed by atoms with Crippen molar-refractivity contribution in [2.45, 2.75) is 70.6 Å². The third-order valence-corrected chi connectivity index (χ3v) is 7.72. The Hall–Kier alpha value is -2.76. The number of carbonyl (C=O) groups excluding carboxylic acids is 1. The van der Waals surface area contributed by atoms with Gasteiger partial charge in [0.2, 0.25) is 0 Å². The number of para-hydroxylation sites is 1. The molecule has 2 aliphatic rings. The molecule has 1 aromatic heterocycles. The molecular weight excluding hydrogens is 505 g/mol. The van der Waals surface area contributed by atoms with E-state index in [2.05, 4.69) is 10.1 Å². The van der Waals surface area contributed by atoms with Gasteiger partial charge in [0, 0.05) is 11.8 Å². The van der Waals surface area contributed by atoms with Crippen molar-refractivity contribution in [1.82, 2.24) is 14.6 Å². The van der Waals surface area contributed by atoms with E-state index in [1.54, 1.807) is 37.3 Å². The number of carbonyl (C=O) groups is 1. The van der Waals surface area contributed by atoms with Crippen molar-refractivity contribution >= 4 is 13.7 Å². The van der Waals surface area contributed by atoms with Gasteiger partial charge < -0.3 is 18.7 Å². The van der Waals surface area contributed by atoms with Crippen molar-refractivity contribution in [1.29, 1.82) is 0 Å². The van der Waals surface area contributed by atoms with Gasteiger partial charge in [-0.25, -0.2) is 9.36 Å². The number of nitrogens with zero attached hydrogens (tertiary/aromatic N) is 1. The maximum absolute atomic E-state index is 13.7. The Balaban J connectivity index is 1.40. The zero-order chi connectivity index (χ0) is 26.4. The highest BCUT2D eigenvalue weighted by Crippen LogP contribution is 2.45. The molecule has 4 atom stereocenters. The largest absolute Gasteiger partial charge is 0.461 e. The molecule has 13 heteroatoms. The molecule has 2 aromatic rings. The summed E-state index contributed by atoms with van der Waals surface area (Å²) in [6.07, 6.45) is 4.17. The summed E-state index contributed by atoms with van der Waals surface area (Å²) in [5.41, 5.74) is -0.793. The summed E-state index contributed by atoms with van der Waals surface area (Å²) in [5.74, 6) is -0.277. The van der Waals surface area contributed by atoms with Gasteiger partial charge in [-0.3, -0.25) is 23.7 Å². The molecule has 2 fully saturated rings. The van der Waals surface area contributed by atoms with Crippen LogP contribution in [0.4, 0.5) is 0 Å². The van der Waals surface area contributed by atoms with E-state index in [9.17, 15) is 18.9 Å². The molecule has 1 aromatic carbocycles. The van der Waals surface area contributed by atoms with Crippen LogP contribution in [-0.4, -0.2) is 47.2 Å². The van der Waals surface area contributed by atoms with Crippen molar-refractivity contribution in [2.24, 2.45) is 0 Å². The molecule has 0 radical (unpaired) electrons. The molecule has 1 saturated carbocycles. The molecule has 12 nitrogen and oxygen atoms in total. The van der Waals surface area contributed by atoms with Crippen molar-refractivity contribution < 1.29 is 32.6 Å². The van der Waals surface area contributed by atoms with Crippen LogP contribution in [0, 0.1) is 6.92 Å². The summed E-state index contributed by atoms with van der Waals surface area (Å²) in [7, 11) is -4.10. The summed E-state index contributed by atoms with van der Waals surface area (Å²) in [5, 5.41) is 2.65. The Morgan fingerprint density at radius 3 is 2.68 bits per heavy atom. The van der Waals surface area contributed by atoms with Crippen LogP contribution in [0.1, 0.15) is 50.8 Å². The second-order valence-corrected chi connectivity index (χ2v) is 10.8. The van der Waals surface area contributed by atoms with Crippen LogP contribution >= 0.6 is 7.75 Å². The van der Waals surface area contributed by atoms with Gasteiger partial charge in [-0.2, -0.15) is 5.09 Å². The summed E-state index contributed by atoms with van der Waals surface area (Å²) in [6, 6.07) is 7.42. The number of nitrogens with one attached hydrogen (secondary N) is 2. The van der Waals surface area contributed by atoms with Crippen LogP contribution in [0.25, 0.3) is 0 Å². The highest BCUT2D eigenvalue weighted by atomic mass is 31.2. The molecule has 37 heavy (non-hydrogen) atoms. The molecule has 1 aliphatic carbocycles. The topological polar surface area (TPSA) is 147 Å². The van der Waals surface area contributed by atoms with Crippen LogP contribution in [0.3, 0.4) is 0 Å². The van der Waals surface area contributed by atoms with Crippen molar-refractivity contribution in [3.8, 4) is 5.75 Å². The SMILES string of the molecule is Cc1cn([C@H]2CO[C@@H](COP(=O)(N[C@@H](C)C(=O)OC3CCCCC3)Oc3ccccc3)O2)c(=O)[nH]c1=O. The van der Waals surface area contributed by atoms with E-state index < -0.39 is 43.5 Å². The average Bonchev–Trinajstić information content (AvgIpc) is 3.35. The van der Waals surface area contributed by atoms with Gasteiger partial charge in [0.25, 0.3) is 5.56 Å². The zero-order valence-electron chi connectivity index (χ0n) is 20.8. The molecule has 4 rings (SSSR count). The minimum absolute atomic E-state index is 0.000800. The molecule has 1 saturated heterocycles. The number of H-pyrrole nitrogens is 1. The average molecular weight is 538 g/mol. The minimum Gasteiger partial charge on any atom is -0.461 e. The van der Waals surface area contributed by atoms with E-state index in [0.717, 1.165) is 32.1 Å². The highest BCUT2D eigenvalue weighted by molar-refractivity contribution is 7.52. The lowest BCUT2D eigenvalue weighted by atomic mass is 9.98. The van der Waals surface area contributed by atoms with Crippen LogP contribution in [-0.2, 0) is 28.1 Å². The van der Waals surface area contributed by atoms with E-state index in [-0.39, 0.29) is 25.1 Å². The number of aromatic nitrogens is 2. The molecule has 202 valence electrons. The zero-order valence-corrected chi connectivity index (χ0v) is 21.7. The first-order chi connectivity index (χ1) is 17.7. The van der Waals surface area contributed by atoms with Gasteiger partial charge in [0.1, 0.15) is 24.5 Å². The normalized spacial score (nSPS) is 22.8. The second-order valence-electron chi connectivity index (χ2n) is 9.08. The van der Waals surface area contributed by atoms with Crippen LogP contribution < -0.4 is 20.9 Å². The Bertz CT molecular complexity index is 1230. The lowest BCUT2D eigenvalue weighted by Crippen LogP contribution is -2.38. The standard InChI is InChI=1S/C24H32N3O9P/c1-16-13-27(24(30)25-22(16)28)20-14-32-21(35-20)15-33-37(31,36-19-11-7-4-8-12-19)26-17(2)23(29)34-18-9-5-3-6-10-18/h4,7-8,11-13,17-18,20-21H,3,5-6,9-10,14-15H2,1-2H3,(H,26,31)(H,25,28,30)/t17-,20+,21+,37?/m0/s1. The van der Waals surface area contributed by atoms with E-state index in [1.165, 1.54) is 17.7 Å². The third kappa shape index (κ3) is 7.39. The molecule has 0 bridgehead atoms. The quantitative estimate of drug-likeness (QED) is 0.342. The number of aryl methyl sites for hydroxylation is 1. The number of hydrogen-bond acceptors (Lipinski definition) is 9. The summed E-state index contributed by atoms with van der Waals surface area (Å²) < 4.78 is 43.0. The predicted molar refractivity (Wildman–Crippen MR) is 132 cm³/mol. The summed E-state index contributed by atoms with van der Waals surface area (Å²) in [4.78, 5) is 38.7. The first kappa shape index (κ1) is 27.3. The number of hydrogen-bond donors (Lipinski definition) is 2. The second kappa shape index (κ2) is 12.2. The molecule has 2 N–H and O–H groups in total. The maximum Gasteiger partial charge on any atom is 0.459 e. The first-order valence-corrected chi connectivity index (χ1v) is 13.8. The Kier molecular flexibility index (Phi) is 8.99. The summed E-state index contributed by atoms with van der Waals surface area (Å²) in [6.45, 7) is 2.77.